The summed E-state index contributed by atoms with van der Waals surface area (Å²) in [6, 6.07) is 1.31. The lowest BCUT2D eigenvalue weighted by Crippen LogP contribution is -2.44. The molecule has 3 heterocycles. The van der Waals surface area contributed by atoms with Gasteiger partial charge in [0.15, 0.2) is 0 Å². The monoisotopic (exact) mass is 329 g/mol. The predicted molar refractivity (Wildman–Crippen MR) is 68.5 cm³/mol. The molecule has 0 bridgehead atoms. The Hall–Kier alpha value is -2.62. The number of carbonyl (C=O) groups excluding carboxylic acids is 2. The molecule has 23 heavy (non-hydrogen) atoms. The van der Waals surface area contributed by atoms with E-state index in [-0.39, 0.29) is 11.3 Å². The van der Waals surface area contributed by atoms with Crippen LogP contribution < -0.4 is 14.8 Å². The van der Waals surface area contributed by atoms with Crippen LogP contribution in [0.3, 0.4) is 0 Å². The molecule has 0 radical (unpaired) electrons. The summed E-state index contributed by atoms with van der Waals surface area (Å²) in [6.45, 7) is 1.18. The zero-order valence-electron chi connectivity index (χ0n) is 11.5. The summed E-state index contributed by atoms with van der Waals surface area (Å²) in [5.74, 6) is -3.85. The lowest BCUT2D eigenvalue weighted by Gasteiger charge is -2.28. The highest BCUT2D eigenvalue weighted by molar-refractivity contribution is 6.01. The van der Waals surface area contributed by atoms with Crippen molar-refractivity contribution < 1.29 is 32.2 Å². The van der Waals surface area contributed by atoms with Crippen molar-refractivity contribution in [2.45, 2.75) is 6.18 Å². The summed E-state index contributed by atoms with van der Waals surface area (Å²) in [5.41, 5.74) is 0.198. The number of rotatable bonds is 1. The molecule has 0 saturated carbocycles. The predicted octanol–water partition coefficient (Wildman–Crippen LogP) is 0.829. The number of hydrogen-bond acceptors (Lipinski definition) is 6. The Morgan fingerprint density at radius 3 is 2.96 bits per heavy atom. The van der Waals surface area contributed by atoms with Crippen molar-refractivity contribution >= 4 is 11.9 Å². The van der Waals surface area contributed by atoms with Crippen LogP contribution in [-0.2, 0) is 4.79 Å². The molecular weight excluding hydrogens is 319 g/mol. The molecule has 7 nitrogen and oxygen atoms in total. The van der Waals surface area contributed by atoms with Gasteiger partial charge in [0.05, 0.1) is 5.70 Å². The molecule has 1 amide bonds. The molecule has 1 N–H and O–H groups in total. The molecule has 2 aliphatic heterocycles. The number of amides is 1. The second kappa shape index (κ2) is 5.54. The fraction of sp³-hybridized carbons (Fsp3) is 0.308. The van der Waals surface area contributed by atoms with Gasteiger partial charge in [0, 0.05) is 31.9 Å². The summed E-state index contributed by atoms with van der Waals surface area (Å²) < 4.78 is 46.7. The zero-order valence-corrected chi connectivity index (χ0v) is 11.5. The number of ether oxygens (including phenoxy) is 2. The quantitative estimate of drug-likeness (QED) is 0.769. The van der Waals surface area contributed by atoms with E-state index < -0.39 is 23.9 Å². The van der Waals surface area contributed by atoms with Gasteiger partial charge in [-0.25, -0.2) is 9.78 Å². The molecule has 10 heteroatoms. The number of aromatic nitrogens is 1. The number of pyridine rings is 1. The minimum absolute atomic E-state index is 0.0307. The van der Waals surface area contributed by atoms with Gasteiger partial charge >= 0.3 is 12.1 Å². The number of nitrogens with zero attached hydrogens (tertiary/aromatic N) is 2. The maximum atomic E-state index is 12.6. The van der Waals surface area contributed by atoms with E-state index in [2.05, 4.69) is 15.0 Å². The molecule has 1 aromatic heterocycles. The highest BCUT2D eigenvalue weighted by atomic mass is 19.4. The number of alkyl halides is 3. The minimum Gasteiger partial charge on any atom is -0.462 e. The molecule has 2 aliphatic rings. The Labute approximate surface area is 127 Å². The summed E-state index contributed by atoms with van der Waals surface area (Å²) in [5, 5.41) is 3.03. The van der Waals surface area contributed by atoms with Crippen molar-refractivity contribution in [3.05, 3.63) is 29.8 Å². The fourth-order valence-electron chi connectivity index (χ4n) is 2.19. The number of piperazine rings is 1. The number of hydrogen-bond donors (Lipinski definition) is 1. The van der Waals surface area contributed by atoms with Gasteiger partial charge in [-0.3, -0.25) is 4.79 Å². The van der Waals surface area contributed by atoms with Gasteiger partial charge in [0.1, 0.15) is 17.6 Å². The standard InChI is InChI=1S/C13H10F3N3O4/c14-13(15,16)12(21)23-10-9-8(1-2-18-10)22-6-7-5-17-3-4-19(7)11(9)20/h1-2,6,17H,3-5H2. The third-order valence-electron chi connectivity index (χ3n) is 3.24. The first-order chi connectivity index (χ1) is 10.9. The largest absolute Gasteiger partial charge is 0.491 e. The Kier molecular flexibility index (Phi) is 3.68. The number of nitrogens with one attached hydrogen (secondary N) is 1. The van der Waals surface area contributed by atoms with E-state index in [1.54, 1.807) is 0 Å². The normalized spacial score (nSPS) is 17.4. The second-order valence-electron chi connectivity index (χ2n) is 4.74. The first-order valence-electron chi connectivity index (χ1n) is 6.54. The average Bonchev–Trinajstić information content (AvgIpc) is 2.65. The topological polar surface area (TPSA) is 80.8 Å². The van der Waals surface area contributed by atoms with Gasteiger partial charge in [-0.15, -0.1) is 0 Å². The van der Waals surface area contributed by atoms with Gasteiger partial charge in [-0.05, 0) is 0 Å². The average molecular weight is 329 g/mol. The van der Waals surface area contributed by atoms with Crippen LogP contribution in [0.5, 0.6) is 11.6 Å². The minimum atomic E-state index is -5.20. The highest BCUT2D eigenvalue weighted by Crippen LogP contribution is 2.33. The molecule has 0 aliphatic carbocycles. The molecule has 122 valence electrons. The molecule has 1 aromatic rings. The van der Waals surface area contributed by atoms with Crippen molar-refractivity contribution in [3.63, 3.8) is 0 Å². The molecular formula is C13H10F3N3O4. The van der Waals surface area contributed by atoms with E-state index in [1.807, 2.05) is 0 Å². The van der Waals surface area contributed by atoms with Gasteiger partial charge in [0.2, 0.25) is 5.88 Å². The van der Waals surface area contributed by atoms with Crippen molar-refractivity contribution in [3.8, 4) is 11.6 Å². The van der Waals surface area contributed by atoms with E-state index in [4.69, 9.17) is 4.74 Å². The number of halogens is 3. The lowest BCUT2D eigenvalue weighted by atomic mass is 10.2. The molecule has 1 fully saturated rings. The van der Waals surface area contributed by atoms with Crippen LogP contribution in [0.2, 0.25) is 0 Å². The maximum absolute atomic E-state index is 12.6. The summed E-state index contributed by atoms with van der Waals surface area (Å²) >= 11 is 0. The van der Waals surface area contributed by atoms with Gasteiger partial charge < -0.3 is 19.7 Å². The Morgan fingerprint density at radius 2 is 2.22 bits per heavy atom. The van der Waals surface area contributed by atoms with Crippen molar-refractivity contribution in [1.29, 1.82) is 0 Å². The summed E-state index contributed by atoms with van der Waals surface area (Å²) in [7, 11) is 0. The fourth-order valence-corrected chi connectivity index (χ4v) is 2.19. The van der Waals surface area contributed by atoms with E-state index in [0.29, 0.717) is 25.3 Å². The van der Waals surface area contributed by atoms with Crippen LogP contribution in [0.1, 0.15) is 10.4 Å². The SMILES string of the molecule is O=C1c2c(ccnc2OC(=O)C(F)(F)F)OC=C2CNCCN12. The van der Waals surface area contributed by atoms with Crippen LogP contribution >= 0.6 is 0 Å². The Balaban J connectivity index is 1.99. The van der Waals surface area contributed by atoms with Crippen LogP contribution in [0.25, 0.3) is 0 Å². The summed E-state index contributed by atoms with van der Waals surface area (Å²) in [4.78, 5) is 28.5. The molecule has 3 rings (SSSR count). The zero-order chi connectivity index (χ0) is 16.6. The van der Waals surface area contributed by atoms with Crippen LogP contribution in [0, 0.1) is 0 Å². The first-order valence-corrected chi connectivity index (χ1v) is 6.54. The van der Waals surface area contributed by atoms with Crippen LogP contribution in [0.15, 0.2) is 24.2 Å². The van der Waals surface area contributed by atoms with Crippen LogP contribution in [-0.4, -0.2) is 47.6 Å². The van der Waals surface area contributed by atoms with Gasteiger partial charge in [-0.2, -0.15) is 13.2 Å². The number of esters is 1. The van der Waals surface area contributed by atoms with E-state index in [1.165, 1.54) is 17.2 Å². The van der Waals surface area contributed by atoms with E-state index in [0.717, 1.165) is 6.20 Å². The van der Waals surface area contributed by atoms with Crippen LogP contribution in [0.4, 0.5) is 13.2 Å². The smallest absolute Gasteiger partial charge is 0.462 e. The van der Waals surface area contributed by atoms with Crippen molar-refractivity contribution in [2.24, 2.45) is 0 Å². The first kappa shape index (κ1) is 15.3. The summed E-state index contributed by atoms with van der Waals surface area (Å²) in [6.07, 6.45) is -2.78. The van der Waals surface area contributed by atoms with Crippen molar-refractivity contribution in [2.75, 3.05) is 19.6 Å². The molecule has 0 unspecified atom stereocenters. The maximum Gasteiger partial charge on any atom is 0.491 e. The number of fused-ring (bicyclic) bond motifs is 2. The van der Waals surface area contributed by atoms with Crippen molar-refractivity contribution in [1.82, 2.24) is 15.2 Å². The van der Waals surface area contributed by atoms with E-state index >= 15 is 0 Å². The Bertz CT molecular complexity index is 702. The lowest BCUT2D eigenvalue weighted by molar-refractivity contribution is -0.190. The third kappa shape index (κ3) is 2.84. The number of carbonyl (C=O) groups is 2. The van der Waals surface area contributed by atoms with Gasteiger partial charge in [-0.1, -0.05) is 0 Å². The van der Waals surface area contributed by atoms with E-state index in [9.17, 15) is 22.8 Å². The second-order valence-corrected chi connectivity index (χ2v) is 4.74. The highest BCUT2D eigenvalue weighted by Gasteiger charge is 2.43. The Morgan fingerprint density at radius 1 is 1.43 bits per heavy atom. The molecule has 0 spiro atoms. The third-order valence-corrected chi connectivity index (χ3v) is 3.24. The van der Waals surface area contributed by atoms with Gasteiger partial charge in [0.25, 0.3) is 5.91 Å². The molecule has 0 atom stereocenters. The molecule has 1 saturated heterocycles. The molecule has 0 aromatic carbocycles.